The number of nitrogens with zero attached hydrogens (tertiary/aromatic N) is 1. The molecule has 0 radical (unpaired) electrons. The summed E-state index contributed by atoms with van der Waals surface area (Å²) < 4.78 is 0.909. The maximum absolute atomic E-state index is 12.8. The molecule has 1 aliphatic heterocycles. The summed E-state index contributed by atoms with van der Waals surface area (Å²) >= 11 is 7.74. The predicted molar refractivity (Wildman–Crippen MR) is 97.5 cm³/mol. The molecule has 1 amide bonds. The second kappa shape index (κ2) is 6.11. The Morgan fingerprint density at radius 2 is 2.08 bits per heavy atom. The van der Waals surface area contributed by atoms with Gasteiger partial charge in [0.25, 0.3) is 5.91 Å². The van der Waals surface area contributed by atoms with E-state index in [1.807, 2.05) is 12.1 Å². The van der Waals surface area contributed by atoms with E-state index in [2.05, 4.69) is 13.2 Å². The van der Waals surface area contributed by atoms with Gasteiger partial charge in [-0.1, -0.05) is 43.0 Å². The lowest BCUT2D eigenvalue weighted by molar-refractivity contribution is -0.134. The topological polar surface area (TPSA) is 57.6 Å². The number of hydrogen-bond acceptors (Lipinski definition) is 3. The molecule has 24 heavy (non-hydrogen) atoms. The van der Waals surface area contributed by atoms with Crippen molar-refractivity contribution in [2.45, 2.75) is 0 Å². The van der Waals surface area contributed by atoms with Crippen molar-refractivity contribution in [1.29, 1.82) is 0 Å². The van der Waals surface area contributed by atoms with Crippen LogP contribution in [0.25, 0.3) is 10.1 Å². The highest BCUT2D eigenvalue weighted by atomic mass is 35.5. The highest BCUT2D eigenvalue weighted by Gasteiger charge is 2.39. The van der Waals surface area contributed by atoms with E-state index in [4.69, 9.17) is 11.6 Å². The number of aliphatic carboxylic acids is 1. The summed E-state index contributed by atoms with van der Waals surface area (Å²) in [4.78, 5) is 25.7. The molecule has 120 valence electrons. The van der Waals surface area contributed by atoms with E-state index >= 15 is 0 Å². The van der Waals surface area contributed by atoms with E-state index in [1.54, 1.807) is 17.5 Å². The number of carbonyl (C=O) groups is 2. The van der Waals surface area contributed by atoms with Crippen LogP contribution >= 0.6 is 22.9 Å². The molecule has 2 aromatic rings. The number of benzene rings is 1. The fourth-order valence-corrected chi connectivity index (χ4v) is 3.99. The molecule has 1 aromatic heterocycles. The van der Waals surface area contributed by atoms with E-state index in [9.17, 15) is 14.7 Å². The molecular formula is C18H12ClNO3S. The van der Waals surface area contributed by atoms with Crippen LogP contribution in [0, 0.1) is 0 Å². The third-order valence-electron chi connectivity index (χ3n) is 3.67. The minimum Gasteiger partial charge on any atom is -0.477 e. The van der Waals surface area contributed by atoms with Crippen molar-refractivity contribution >= 4 is 50.6 Å². The van der Waals surface area contributed by atoms with Crippen molar-refractivity contribution in [3.8, 4) is 0 Å². The van der Waals surface area contributed by atoms with Crippen molar-refractivity contribution in [1.82, 2.24) is 0 Å². The average molecular weight is 358 g/mol. The number of carboxylic acid groups (broad SMARTS) is 1. The standard InChI is InChI=1S/C18H12ClNO3S/c1-3-6-12-10(4-2)15(18(22)23)17(21)20(12)13-9-24-14-8-5-7-11(19)16(13)14/h3-9H,1-2H2,(H,22,23)/b12-6+. The van der Waals surface area contributed by atoms with Crippen LogP contribution in [0.15, 0.2) is 71.8 Å². The van der Waals surface area contributed by atoms with Gasteiger partial charge in [0.05, 0.1) is 16.4 Å². The average Bonchev–Trinajstić information content (AvgIpc) is 3.07. The van der Waals surface area contributed by atoms with E-state index in [-0.39, 0.29) is 11.1 Å². The quantitative estimate of drug-likeness (QED) is 0.817. The van der Waals surface area contributed by atoms with E-state index in [1.165, 1.54) is 28.4 Å². The third kappa shape index (κ3) is 2.29. The number of fused-ring (bicyclic) bond motifs is 1. The number of thiophene rings is 1. The van der Waals surface area contributed by atoms with Crippen molar-refractivity contribution in [3.05, 3.63) is 76.8 Å². The van der Waals surface area contributed by atoms with Gasteiger partial charge in [0.15, 0.2) is 0 Å². The SMILES string of the molecule is C=C/C=C1\C(C=C)=C(C(=O)O)C(=O)N1c1csc2cccc(Cl)c12. The molecule has 0 fully saturated rings. The Labute approximate surface area is 147 Å². The first kappa shape index (κ1) is 16.2. The molecule has 4 nitrogen and oxygen atoms in total. The molecule has 0 saturated carbocycles. The predicted octanol–water partition coefficient (Wildman–Crippen LogP) is 4.54. The summed E-state index contributed by atoms with van der Waals surface area (Å²) in [5.41, 5.74) is 0.916. The van der Waals surface area contributed by atoms with Crippen LogP contribution < -0.4 is 4.90 Å². The summed E-state index contributed by atoms with van der Waals surface area (Å²) in [7, 11) is 0. The molecule has 1 aromatic carbocycles. The van der Waals surface area contributed by atoms with Gasteiger partial charge in [0.1, 0.15) is 5.57 Å². The van der Waals surface area contributed by atoms with Crippen LogP contribution in [-0.4, -0.2) is 17.0 Å². The lowest BCUT2D eigenvalue weighted by atomic mass is 10.1. The van der Waals surface area contributed by atoms with Crippen LogP contribution in [-0.2, 0) is 9.59 Å². The molecule has 6 heteroatoms. The Morgan fingerprint density at radius 1 is 1.33 bits per heavy atom. The third-order valence-corrected chi connectivity index (χ3v) is 4.92. The smallest absolute Gasteiger partial charge is 0.342 e. The number of anilines is 1. The minimum absolute atomic E-state index is 0.263. The number of allylic oxidation sites excluding steroid dienone is 3. The van der Waals surface area contributed by atoms with Crippen molar-refractivity contribution < 1.29 is 14.7 Å². The molecule has 0 unspecified atom stereocenters. The Hall–Kier alpha value is -2.63. The zero-order valence-corrected chi connectivity index (χ0v) is 14.0. The Balaban J connectivity index is 2.29. The van der Waals surface area contributed by atoms with Crippen molar-refractivity contribution in [2.24, 2.45) is 0 Å². The fraction of sp³-hybridized carbons (Fsp3) is 0. The van der Waals surface area contributed by atoms with E-state index in [0.717, 1.165) is 4.70 Å². The number of hydrogen-bond donors (Lipinski definition) is 1. The second-order valence-corrected chi connectivity index (χ2v) is 6.28. The number of amides is 1. The molecule has 0 spiro atoms. The molecular weight excluding hydrogens is 346 g/mol. The lowest BCUT2D eigenvalue weighted by Gasteiger charge is -2.19. The molecule has 0 aliphatic carbocycles. The molecule has 1 aliphatic rings. The minimum atomic E-state index is -1.29. The second-order valence-electron chi connectivity index (χ2n) is 4.96. The lowest BCUT2D eigenvalue weighted by Crippen LogP contribution is -2.27. The van der Waals surface area contributed by atoms with Gasteiger partial charge in [-0.2, -0.15) is 0 Å². The summed E-state index contributed by atoms with van der Waals surface area (Å²) in [6, 6.07) is 5.46. The molecule has 0 saturated heterocycles. The van der Waals surface area contributed by atoms with Gasteiger partial charge in [-0.3, -0.25) is 9.69 Å². The van der Waals surface area contributed by atoms with Gasteiger partial charge in [0.2, 0.25) is 0 Å². The van der Waals surface area contributed by atoms with Crippen molar-refractivity contribution in [3.63, 3.8) is 0 Å². The van der Waals surface area contributed by atoms with Crippen LogP contribution in [0.1, 0.15) is 0 Å². The van der Waals surface area contributed by atoms with Crippen LogP contribution in [0.5, 0.6) is 0 Å². The molecule has 3 rings (SSSR count). The van der Waals surface area contributed by atoms with Crippen LogP contribution in [0.3, 0.4) is 0 Å². The van der Waals surface area contributed by atoms with Crippen molar-refractivity contribution in [2.75, 3.05) is 4.90 Å². The van der Waals surface area contributed by atoms with Crippen LogP contribution in [0.4, 0.5) is 5.69 Å². The highest BCUT2D eigenvalue weighted by Crippen LogP contribution is 2.43. The van der Waals surface area contributed by atoms with Crippen LogP contribution in [0.2, 0.25) is 5.02 Å². The zero-order chi connectivity index (χ0) is 17.4. The number of rotatable bonds is 4. The van der Waals surface area contributed by atoms with E-state index < -0.39 is 11.9 Å². The number of carbonyl (C=O) groups excluding carboxylic acids is 1. The van der Waals surface area contributed by atoms with Gasteiger partial charge < -0.3 is 5.11 Å². The summed E-state index contributed by atoms with van der Waals surface area (Å²) in [6.45, 7) is 7.28. The first-order chi connectivity index (χ1) is 11.5. The normalized spacial score (nSPS) is 16.3. The van der Waals surface area contributed by atoms with Gasteiger partial charge in [0, 0.05) is 21.0 Å². The Bertz CT molecular complexity index is 968. The maximum Gasteiger partial charge on any atom is 0.342 e. The van der Waals surface area contributed by atoms with E-state index in [0.29, 0.717) is 21.8 Å². The highest BCUT2D eigenvalue weighted by molar-refractivity contribution is 7.18. The largest absolute Gasteiger partial charge is 0.477 e. The summed E-state index contributed by atoms with van der Waals surface area (Å²) in [5.74, 6) is -1.91. The van der Waals surface area contributed by atoms with Gasteiger partial charge in [-0.25, -0.2) is 4.79 Å². The number of carboxylic acids is 1. The monoisotopic (exact) mass is 357 g/mol. The Morgan fingerprint density at radius 3 is 2.71 bits per heavy atom. The zero-order valence-electron chi connectivity index (χ0n) is 12.5. The van der Waals surface area contributed by atoms with Gasteiger partial charge >= 0.3 is 5.97 Å². The summed E-state index contributed by atoms with van der Waals surface area (Å²) in [5, 5.41) is 12.4. The maximum atomic E-state index is 12.8. The fourth-order valence-electron chi connectivity index (χ4n) is 2.71. The molecule has 1 N–H and O–H groups in total. The first-order valence-corrected chi connectivity index (χ1v) is 8.20. The molecule has 0 bridgehead atoms. The van der Waals surface area contributed by atoms with Gasteiger partial charge in [-0.15, -0.1) is 11.3 Å². The molecule has 0 atom stereocenters. The van der Waals surface area contributed by atoms with Gasteiger partial charge in [-0.05, 0) is 18.2 Å². The Kier molecular flexibility index (Phi) is 4.13. The summed E-state index contributed by atoms with van der Waals surface area (Å²) in [6.07, 6.45) is 4.46. The number of halogens is 1. The molecule has 2 heterocycles. The first-order valence-electron chi connectivity index (χ1n) is 6.94.